The van der Waals surface area contributed by atoms with Crippen LogP contribution in [0.3, 0.4) is 0 Å². The predicted octanol–water partition coefficient (Wildman–Crippen LogP) is 2.68. The van der Waals surface area contributed by atoms with Crippen LogP contribution in [0.15, 0.2) is 12.7 Å². The molecule has 0 spiro atoms. The molecule has 0 unspecified atom stereocenters. The molecule has 1 saturated heterocycles. The summed E-state index contributed by atoms with van der Waals surface area (Å²) in [5.41, 5.74) is -1.40. The first-order valence-electron chi connectivity index (χ1n) is 6.98. The zero-order valence-electron chi connectivity index (χ0n) is 13.3. The van der Waals surface area contributed by atoms with E-state index < -0.39 is 29.6 Å². The van der Waals surface area contributed by atoms with Crippen LogP contribution in [0.1, 0.15) is 48.0 Å². The average molecular weight is 285 g/mol. The van der Waals surface area contributed by atoms with E-state index in [1.165, 1.54) is 4.90 Å². The number of aliphatic hydroxyl groups excluding tert-OH is 1. The number of aliphatic hydroxyl groups is 1. The third kappa shape index (κ3) is 3.73. The lowest BCUT2D eigenvalue weighted by atomic mass is 10.0. The third-order valence-electron chi connectivity index (χ3n) is 3.23. The van der Waals surface area contributed by atoms with Crippen LogP contribution >= 0.6 is 0 Å². The van der Waals surface area contributed by atoms with Gasteiger partial charge >= 0.3 is 6.09 Å². The fourth-order valence-electron chi connectivity index (χ4n) is 2.60. The number of hydrogen-bond donors (Lipinski definition) is 1. The molecule has 5 nitrogen and oxygen atoms in total. The van der Waals surface area contributed by atoms with Crippen LogP contribution in [-0.2, 0) is 9.47 Å². The number of nitrogens with zero attached hydrogens (tertiary/aromatic N) is 1. The number of hydrogen-bond acceptors (Lipinski definition) is 4. The molecule has 1 aliphatic rings. The van der Waals surface area contributed by atoms with E-state index >= 15 is 0 Å². The SMILES string of the molecule is C=CC[C@@H](O)[C@H]1[C@H](C)OC(C)(C)N1C(=O)OC(C)(C)C. The highest BCUT2D eigenvalue weighted by molar-refractivity contribution is 5.70. The van der Waals surface area contributed by atoms with E-state index in [1.54, 1.807) is 19.9 Å². The summed E-state index contributed by atoms with van der Waals surface area (Å²) in [4.78, 5) is 13.9. The molecule has 0 aromatic rings. The van der Waals surface area contributed by atoms with E-state index in [0.29, 0.717) is 6.42 Å². The fourth-order valence-corrected chi connectivity index (χ4v) is 2.60. The van der Waals surface area contributed by atoms with Crippen molar-refractivity contribution in [1.29, 1.82) is 0 Å². The molecule has 116 valence electrons. The highest BCUT2D eigenvalue weighted by Gasteiger charge is 2.51. The molecule has 1 fully saturated rings. The zero-order valence-corrected chi connectivity index (χ0v) is 13.3. The van der Waals surface area contributed by atoms with Crippen molar-refractivity contribution in [3.8, 4) is 0 Å². The van der Waals surface area contributed by atoms with Gasteiger partial charge in [0.15, 0.2) is 0 Å². The second kappa shape index (κ2) is 5.74. The minimum atomic E-state index is -0.811. The van der Waals surface area contributed by atoms with Crippen LogP contribution in [-0.4, -0.2) is 45.7 Å². The molecule has 5 heteroatoms. The normalized spacial score (nSPS) is 27.2. The summed E-state index contributed by atoms with van der Waals surface area (Å²) < 4.78 is 11.2. The molecule has 3 atom stereocenters. The van der Waals surface area contributed by atoms with Crippen molar-refractivity contribution in [3.63, 3.8) is 0 Å². The summed E-state index contributed by atoms with van der Waals surface area (Å²) in [7, 11) is 0. The van der Waals surface area contributed by atoms with E-state index in [1.807, 2.05) is 27.7 Å². The van der Waals surface area contributed by atoms with Crippen molar-refractivity contribution in [2.24, 2.45) is 0 Å². The van der Waals surface area contributed by atoms with Gasteiger partial charge in [0, 0.05) is 0 Å². The van der Waals surface area contributed by atoms with Gasteiger partial charge in [0.1, 0.15) is 11.3 Å². The van der Waals surface area contributed by atoms with E-state index in [2.05, 4.69) is 6.58 Å². The summed E-state index contributed by atoms with van der Waals surface area (Å²) in [5, 5.41) is 10.3. The van der Waals surface area contributed by atoms with E-state index in [-0.39, 0.29) is 6.10 Å². The number of carbonyl (C=O) groups excluding carboxylic acids is 1. The van der Waals surface area contributed by atoms with Crippen LogP contribution in [0.4, 0.5) is 4.79 Å². The topological polar surface area (TPSA) is 59.0 Å². The maximum absolute atomic E-state index is 12.4. The van der Waals surface area contributed by atoms with Crippen LogP contribution in [0, 0.1) is 0 Å². The van der Waals surface area contributed by atoms with Gasteiger partial charge in [-0.2, -0.15) is 0 Å². The predicted molar refractivity (Wildman–Crippen MR) is 77.3 cm³/mol. The quantitative estimate of drug-likeness (QED) is 0.810. The Bertz CT molecular complexity index is 373. The van der Waals surface area contributed by atoms with Gasteiger partial charge < -0.3 is 14.6 Å². The monoisotopic (exact) mass is 285 g/mol. The van der Waals surface area contributed by atoms with Gasteiger partial charge in [-0.25, -0.2) is 4.79 Å². The highest BCUT2D eigenvalue weighted by atomic mass is 16.6. The van der Waals surface area contributed by atoms with Crippen molar-refractivity contribution < 1.29 is 19.4 Å². The molecular weight excluding hydrogens is 258 g/mol. The lowest BCUT2D eigenvalue weighted by Crippen LogP contribution is -2.54. The van der Waals surface area contributed by atoms with Gasteiger partial charge in [0.05, 0.1) is 18.2 Å². The number of rotatable bonds is 3. The van der Waals surface area contributed by atoms with Crippen molar-refractivity contribution in [2.45, 2.75) is 77.5 Å². The van der Waals surface area contributed by atoms with Crippen LogP contribution < -0.4 is 0 Å². The molecule has 20 heavy (non-hydrogen) atoms. The minimum Gasteiger partial charge on any atom is -0.444 e. The van der Waals surface area contributed by atoms with E-state index in [9.17, 15) is 9.90 Å². The second-order valence-electron chi connectivity index (χ2n) is 6.70. The van der Waals surface area contributed by atoms with Gasteiger partial charge in [-0.15, -0.1) is 6.58 Å². The van der Waals surface area contributed by atoms with Crippen molar-refractivity contribution in [1.82, 2.24) is 4.90 Å². The van der Waals surface area contributed by atoms with Crippen LogP contribution in [0.2, 0.25) is 0 Å². The Labute approximate surface area is 121 Å². The summed E-state index contributed by atoms with van der Waals surface area (Å²) in [6.45, 7) is 14.5. The first-order valence-corrected chi connectivity index (χ1v) is 6.98. The Morgan fingerprint density at radius 3 is 2.55 bits per heavy atom. The third-order valence-corrected chi connectivity index (χ3v) is 3.23. The van der Waals surface area contributed by atoms with Crippen molar-refractivity contribution in [2.75, 3.05) is 0 Å². The summed E-state index contributed by atoms with van der Waals surface area (Å²) in [6, 6.07) is -0.446. The maximum atomic E-state index is 12.4. The Kier molecular flexibility index (Phi) is 4.87. The number of amides is 1. The number of ether oxygens (including phenoxy) is 2. The lowest BCUT2D eigenvalue weighted by Gasteiger charge is -2.36. The summed E-state index contributed by atoms with van der Waals surface area (Å²) in [6.07, 6.45) is 0.563. The van der Waals surface area contributed by atoms with Gasteiger partial charge in [-0.05, 0) is 48.0 Å². The van der Waals surface area contributed by atoms with E-state index in [0.717, 1.165) is 0 Å². The van der Waals surface area contributed by atoms with Crippen molar-refractivity contribution in [3.05, 3.63) is 12.7 Å². The molecule has 0 aromatic heterocycles. The second-order valence-corrected chi connectivity index (χ2v) is 6.70. The molecule has 0 aromatic carbocycles. The van der Waals surface area contributed by atoms with Gasteiger partial charge in [0.25, 0.3) is 0 Å². The van der Waals surface area contributed by atoms with Gasteiger partial charge in [-0.1, -0.05) is 6.08 Å². The van der Waals surface area contributed by atoms with Crippen LogP contribution in [0.25, 0.3) is 0 Å². The first kappa shape index (κ1) is 17.0. The molecule has 0 saturated carbocycles. The van der Waals surface area contributed by atoms with Crippen molar-refractivity contribution >= 4 is 6.09 Å². The summed E-state index contributed by atoms with van der Waals surface area (Å²) >= 11 is 0. The molecule has 1 amide bonds. The highest BCUT2D eigenvalue weighted by Crippen LogP contribution is 2.35. The van der Waals surface area contributed by atoms with Gasteiger partial charge in [0.2, 0.25) is 0 Å². The largest absolute Gasteiger partial charge is 0.444 e. The number of carbonyl (C=O) groups is 1. The maximum Gasteiger partial charge on any atom is 0.413 e. The molecule has 1 heterocycles. The average Bonchev–Trinajstić information content (AvgIpc) is 2.45. The van der Waals surface area contributed by atoms with E-state index in [4.69, 9.17) is 9.47 Å². The molecule has 0 radical (unpaired) electrons. The zero-order chi connectivity index (χ0) is 15.7. The Hall–Kier alpha value is -1.07. The molecule has 1 aliphatic heterocycles. The standard InChI is InChI=1S/C15H27NO4/c1-8-9-11(17)12-10(2)19-15(6,7)16(12)13(18)20-14(3,4)5/h8,10-12,17H,1,9H2,2-7H3/t10-,11+,12+/m0/s1. The summed E-state index contributed by atoms with van der Waals surface area (Å²) in [5.74, 6) is 0. The lowest BCUT2D eigenvalue weighted by molar-refractivity contribution is -0.0774. The Morgan fingerprint density at radius 1 is 1.55 bits per heavy atom. The minimum absolute atomic E-state index is 0.271. The Morgan fingerprint density at radius 2 is 2.10 bits per heavy atom. The fraction of sp³-hybridized carbons (Fsp3) is 0.800. The Balaban J connectivity index is 3.02. The first-order chi connectivity index (χ1) is 8.99. The molecule has 1 N–H and O–H groups in total. The molecule has 1 rings (SSSR count). The molecule has 0 aliphatic carbocycles. The molecular formula is C15H27NO4. The van der Waals surface area contributed by atoms with Gasteiger partial charge in [-0.3, -0.25) is 4.90 Å². The smallest absolute Gasteiger partial charge is 0.413 e. The molecule has 0 bridgehead atoms. The van der Waals surface area contributed by atoms with Crippen LogP contribution in [0.5, 0.6) is 0 Å².